The lowest BCUT2D eigenvalue weighted by Gasteiger charge is -2.33. The lowest BCUT2D eigenvalue weighted by atomic mass is 9.76. The van der Waals surface area contributed by atoms with Gasteiger partial charge in [0.25, 0.3) is 0 Å². The Kier molecular flexibility index (Phi) is 8.24. The number of hydrazine groups is 1. The second-order valence-electron chi connectivity index (χ2n) is 14.0. The maximum Gasteiger partial charge on any atom is 0.0998 e. The van der Waals surface area contributed by atoms with E-state index in [1.54, 1.807) is 0 Å². The Morgan fingerprint density at radius 1 is 0.615 bits per heavy atom. The van der Waals surface area contributed by atoms with E-state index in [1.165, 1.54) is 55.7 Å². The van der Waals surface area contributed by atoms with Gasteiger partial charge >= 0.3 is 0 Å². The van der Waals surface area contributed by atoms with Crippen molar-refractivity contribution in [3.63, 3.8) is 0 Å². The van der Waals surface area contributed by atoms with Crippen molar-refractivity contribution >= 4 is 22.0 Å². The fraction of sp³-hybridized carbons (Fsp3) is 0.122. The predicted octanol–water partition coefficient (Wildman–Crippen LogP) is 11.5. The van der Waals surface area contributed by atoms with E-state index in [9.17, 15) is 5.26 Å². The van der Waals surface area contributed by atoms with E-state index in [0.717, 1.165) is 54.1 Å². The maximum atomic E-state index is 9.72. The molecule has 0 spiro atoms. The molecule has 6 aromatic rings. The van der Waals surface area contributed by atoms with E-state index in [4.69, 9.17) is 0 Å². The van der Waals surface area contributed by atoms with Crippen LogP contribution >= 0.6 is 0 Å². The van der Waals surface area contributed by atoms with Crippen molar-refractivity contribution in [3.05, 3.63) is 203 Å². The number of benzene rings is 6. The topological polar surface area (TPSA) is 47.9 Å². The molecule has 2 aliphatic carbocycles. The Morgan fingerprint density at radius 3 is 2.21 bits per heavy atom. The van der Waals surface area contributed by atoms with Crippen molar-refractivity contribution < 1.29 is 0 Å². The summed E-state index contributed by atoms with van der Waals surface area (Å²) in [6, 6.07) is 52.3. The summed E-state index contributed by atoms with van der Waals surface area (Å²) in [7, 11) is 0. The summed E-state index contributed by atoms with van der Waals surface area (Å²) < 4.78 is 0. The number of fused-ring (bicyclic) bond motifs is 2. The smallest absolute Gasteiger partial charge is 0.0998 e. The molecule has 3 nitrogen and oxygen atoms in total. The third-order valence-electron chi connectivity index (χ3n) is 11.0. The first kappa shape index (κ1) is 31.7. The molecular weight excluding hydrogens is 631 g/mol. The van der Waals surface area contributed by atoms with Crippen LogP contribution in [0.2, 0.25) is 0 Å². The van der Waals surface area contributed by atoms with Gasteiger partial charge < -0.3 is 5.43 Å². The molecule has 1 unspecified atom stereocenters. The van der Waals surface area contributed by atoms with E-state index in [1.807, 2.05) is 18.2 Å². The summed E-state index contributed by atoms with van der Waals surface area (Å²) in [4.78, 5) is 0. The van der Waals surface area contributed by atoms with Crippen LogP contribution in [0, 0.1) is 11.3 Å². The Morgan fingerprint density at radius 2 is 1.35 bits per heavy atom. The van der Waals surface area contributed by atoms with Crippen LogP contribution in [0.5, 0.6) is 0 Å². The van der Waals surface area contributed by atoms with Gasteiger partial charge in [-0.2, -0.15) is 5.26 Å². The highest BCUT2D eigenvalue weighted by Gasteiger charge is 2.42. The van der Waals surface area contributed by atoms with Crippen molar-refractivity contribution in [3.8, 4) is 28.3 Å². The summed E-state index contributed by atoms with van der Waals surface area (Å²) in [5.74, 6) is 0. The summed E-state index contributed by atoms with van der Waals surface area (Å²) in [5, 5.41) is 11.8. The largest absolute Gasteiger partial charge is 0.319 e. The van der Waals surface area contributed by atoms with Crippen LogP contribution in [-0.2, 0) is 12.0 Å². The van der Waals surface area contributed by atoms with Crippen LogP contribution in [0.4, 0.5) is 0 Å². The highest BCUT2D eigenvalue weighted by Crippen LogP contribution is 2.45. The molecule has 0 saturated heterocycles. The molecule has 0 radical (unpaired) electrons. The minimum absolute atomic E-state index is 0.240. The molecule has 6 aromatic carbocycles. The average molecular weight is 670 g/mol. The molecule has 0 aromatic heterocycles. The third kappa shape index (κ3) is 5.59. The van der Waals surface area contributed by atoms with Gasteiger partial charge in [-0.3, -0.25) is 0 Å². The Bertz CT molecular complexity index is 2510. The van der Waals surface area contributed by atoms with E-state index in [-0.39, 0.29) is 5.54 Å². The molecule has 3 heteroatoms. The first-order chi connectivity index (χ1) is 25.7. The molecule has 0 fully saturated rings. The number of nitrogens with one attached hydrogen (secondary N) is 2. The van der Waals surface area contributed by atoms with Crippen LogP contribution in [0.1, 0.15) is 53.5 Å². The van der Waals surface area contributed by atoms with Gasteiger partial charge in [-0.15, -0.1) is 0 Å². The van der Waals surface area contributed by atoms with Gasteiger partial charge in [0, 0.05) is 11.0 Å². The van der Waals surface area contributed by atoms with Gasteiger partial charge in [0.1, 0.15) is 0 Å². The molecule has 0 bridgehead atoms. The fourth-order valence-electron chi connectivity index (χ4n) is 8.49. The summed E-state index contributed by atoms with van der Waals surface area (Å²) in [6.45, 7) is 0. The molecule has 250 valence electrons. The van der Waals surface area contributed by atoms with E-state index in [0.29, 0.717) is 5.56 Å². The number of nitriles is 1. The average Bonchev–Trinajstić information content (AvgIpc) is 3.62. The summed E-state index contributed by atoms with van der Waals surface area (Å²) in [6.07, 6.45) is 14.3. The maximum absolute atomic E-state index is 9.72. The number of hydrogen-bond donors (Lipinski definition) is 2. The Labute approximate surface area is 306 Å². The van der Waals surface area contributed by atoms with Crippen LogP contribution < -0.4 is 10.9 Å². The minimum Gasteiger partial charge on any atom is -0.319 e. The molecule has 52 heavy (non-hydrogen) atoms. The van der Waals surface area contributed by atoms with Crippen molar-refractivity contribution in [1.82, 2.24) is 10.9 Å². The number of allylic oxidation sites excluding steroid dienone is 5. The van der Waals surface area contributed by atoms with E-state index < -0.39 is 0 Å². The first-order valence-corrected chi connectivity index (χ1v) is 18.3. The summed E-state index contributed by atoms with van der Waals surface area (Å²) >= 11 is 0. The van der Waals surface area contributed by atoms with Crippen LogP contribution in [0.15, 0.2) is 175 Å². The number of nitrogens with zero attached hydrogens (tertiary/aromatic N) is 1. The molecule has 1 aliphatic heterocycles. The van der Waals surface area contributed by atoms with Gasteiger partial charge in [-0.25, -0.2) is 5.43 Å². The Balaban J connectivity index is 1.08. The number of rotatable bonds is 7. The highest BCUT2D eigenvalue weighted by molar-refractivity contribution is 5.99. The van der Waals surface area contributed by atoms with Crippen molar-refractivity contribution in [2.45, 2.75) is 37.6 Å². The zero-order chi connectivity index (χ0) is 34.9. The van der Waals surface area contributed by atoms with Crippen molar-refractivity contribution in [2.75, 3.05) is 0 Å². The zero-order valence-corrected chi connectivity index (χ0v) is 29.1. The quantitative estimate of drug-likeness (QED) is 0.178. The lowest BCUT2D eigenvalue weighted by molar-refractivity contribution is 0.373. The van der Waals surface area contributed by atoms with Gasteiger partial charge in [0.05, 0.1) is 22.9 Å². The molecule has 2 N–H and O–H groups in total. The van der Waals surface area contributed by atoms with Gasteiger partial charge in [0.2, 0.25) is 0 Å². The minimum atomic E-state index is -0.240. The molecule has 1 atom stereocenters. The van der Waals surface area contributed by atoms with Crippen molar-refractivity contribution in [1.29, 1.82) is 5.26 Å². The zero-order valence-electron chi connectivity index (χ0n) is 29.1. The monoisotopic (exact) mass is 669 g/mol. The van der Waals surface area contributed by atoms with Crippen LogP contribution in [0.25, 0.3) is 44.3 Å². The second-order valence-corrected chi connectivity index (χ2v) is 14.0. The van der Waals surface area contributed by atoms with E-state index in [2.05, 4.69) is 163 Å². The fourth-order valence-corrected chi connectivity index (χ4v) is 8.49. The number of hydrogen-bond acceptors (Lipinski definition) is 3. The van der Waals surface area contributed by atoms with Crippen LogP contribution in [-0.4, -0.2) is 0 Å². The first-order valence-electron chi connectivity index (χ1n) is 18.3. The Hall–Kier alpha value is -6.21. The SMILES string of the molecule is N#Cc1ccc(-c2cccc(CC3=C(c4ccccc4-c4cccc(C5=C6C=CCCC6(c6ccccc6)NN5)c4)C=CCC3)c2)c2ccccc12. The van der Waals surface area contributed by atoms with E-state index >= 15 is 0 Å². The molecular formula is C49H39N3. The molecule has 1 heterocycles. The van der Waals surface area contributed by atoms with Gasteiger partial charge in [0.15, 0.2) is 0 Å². The highest BCUT2D eigenvalue weighted by atomic mass is 15.4. The summed E-state index contributed by atoms with van der Waals surface area (Å²) in [5.41, 5.74) is 22.9. The molecule has 9 rings (SSSR count). The van der Waals surface area contributed by atoms with Gasteiger partial charge in [-0.05, 0) is 99.7 Å². The predicted molar refractivity (Wildman–Crippen MR) is 215 cm³/mol. The molecule has 0 amide bonds. The second kappa shape index (κ2) is 13.5. The molecule has 0 saturated carbocycles. The van der Waals surface area contributed by atoms with Gasteiger partial charge in [-0.1, -0.05) is 157 Å². The normalized spacial score (nSPS) is 18.0. The van der Waals surface area contributed by atoms with Crippen LogP contribution in [0.3, 0.4) is 0 Å². The molecule has 3 aliphatic rings. The third-order valence-corrected chi connectivity index (χ3v) is 11.0. The standard InChI is InChI=1S/C49H39N3/c50-33-39-27-28-44(46-25-9-7-23-43(39)46)36-16-12-14-34(31-36)30-35-15-4-5-21-41(35)45-24-8-6-22-42(45)37-17-13-18-38(32-37)48-47-26-10-11-29-49(47,52-51-48)40-19-2-1-3-20-40/h1-3,5-10,12-14,16-28,31-32,51-52H,4,11,15,29-30H2. The lowest BCUT2D eigenvalue weighted by Crippen LogP contribution is -2.44. The van der Waals surface area contributed by atoms with Crippen molar-refractivity contribution in [2.24, 2.45) is 0 Å².